The van der Waals surface area contributed by atoms with Gasteiger partial charge in [0.2, 0.25) is 0 Å². The van der Waals surface area contributed by atoms with E-state index in [0.29, 0.717) is 6.10 Å². The summed E-state index contributed by atoms with van der Waals surface area (Å²) in [7, 11) is 2.10. The van der Waals surface area contributed by atoms with Crippen LogP contribution in [0.4, 0.5) is 0 Å². The van der Waals surface area contributed by atoms with E-state index < -0.39 is 0 Å². The van der Waals surface area contributed by atoms with Crippen LogP contribution in [-0.2, 0) is 0 Å². The first kappa shape index (κ1) is 7.62. The normalized spacial score (nSPS) is 18.8. The van der Waals surface area contributed by atoms with E-state index in [9.17, 15) is 0 Å². The quantitative estimate of drug-likeness (QED) is 0.653. The summed E-state index contributed by atoms with van der Waals surface area (Å²) in [4.78, 5) is 2.24. The van der Waals surface area contributed by atoms with Gasteiger partial charge in [0, 0.05) is 13.1 Å². The molecule has 0 aliphatic carbocycles. The molecule has 2 heteroatoms. The van der Waals surface area contributed by atoms with Crippen LogP contribution < -0.4 is 4.74 Å². The summed E-state index contributed by atoms with van der Waals surface area (Å²) in [5.74, 6) is 0.982. The fourth-order valence-electron chi connectivity index (χ4n) is 1.41. The van der Waals surface area contributed by atoms with Crippen LogP contribution >= 0.6 is 0 Å². The molecule has 1 fully saturated rings. The van der Waals surface area contributed by atoms with Gasteiger partial charge in [0.05, 0.1) is 0 Å². The third kappa shape index (κ3) is 1.59. The van der Waals surface area contributed by atoms with Gasteiger partial charge in [-0.15, -0.1) is 0 Å². The molecule has 0 spiro atoms. The van der Waals surface area contributed by atoms with E-state index in [1.807, 2.05) is 30.3 Å². The molecule has 1 aliphatic rings. The molecule has 0 atom stereocenters. The van der Waals surface area contributed by atoms with Crippen LogP contribution in [0.3, 0.4) is 0 Å². The first-order valence-corrected chi connectivity index (χ1v) is 4.25. The lowest BCUT2D eigenvalue weighted by molar-refractivity contribution is 0.0388. The second kappa shape index (κ2) is 3.15. The molecule has 12 heavy (non-hydrogen) atoms. The second-order valence-electron chi connectivity index (χ2n) is 3.27. The van der Waals surface area contributed by atoms with Gasteiger partial charge in [0.1, 0.15) is 11.9 Å². The van der Waals surface area contributed by atoms with Crippen LogP contribution in [0.1, 0.15) is 0 Å². The molecule has 0 bridgehead atoms. The van der Waals surface area contributed by atoms with Crippen molar-refractivity contribution in [3.8, 4) is 5.75 Å². The topological polar surface area (TPSA) is 12.5 Å². The predicted molar refractivity (Wildman–Crippen MR) is 48.4 cm³/mol. The zero-order valence-electron chi connectivity index (χ0n) is 7.23. The van der Waals surface area contributed by atoms with E-state index in [1.165, 1.54) is 0 Å². The molecule has 0 radical (unpaired) electrons. The Kier molecular flexibility index (Phi) is 2.00. The lowest BCUT2D eigenvalue weighted by Crippen LogP contribution is -2.51. The highest BCUT2D eigenvalue weighted by Gasteiger charge is 2.24. The van der Waals surface area contributed by atoms with Gasteiger partial charge in [-0.3, -0.25) is 4.90 Å². The SMILES string of the molecule is CN1CC(Oc2ccccc2)C1. The van der Waals surface area contributed by atoms with Gasteiger partial charge in [0.25, 0.3) is 0 Å². The Bertz CT molecular complexity index is 241. The maximum atomic E-state index is 5.68. The molecular formula is C10H13NO. The minimum Gasteiger partial charge on any atom is -0.488 e. The van der Waals surface area contributed by atoms with Crippen molar-refractivity contribution >= 4 is 0 Å². The minimum atomic E-state index is 0.400. The van der Waals surface area contributed by atoms with Crippen LogP contribution in [-0.4, -0.2) is 31.1 Å². The summed E-state index contributed by atoms with van der Waals surface area (Å²) in [6.45, 7) is 2.10. The van der Waals surface area contributed by atoms with Crippen molar-refractivity contribution in [2.45, 2.75) is 6.10 Å². The van der Waals surface area contributed by atoms with Crippen molar-refractivity contribution < 1.29 is 4.74 Å². The summed E-state index contributed by atoms with van der Waals surface area (Å²) < 4.78 is 5.68. The number of hydrogen-bond acceptors (Lipinski definition) is 2. The van der Waals surface area contributed by atoms with Gasteiger partial charge in [-0.25, -0.2) is 0 Å². The third-order valence-electron chi connectivity index (χ3n) is 2.08. The monoisotopic (exact) mass is 163 g/mol. The summed E-state index contributed by atoms with van der Waals surface area (Å²) in [6.07, 6.45) is 0.400. The van der Waals surface area contributed by atoms with Gasteiger partial charge >= 0.3 is 0 Å². The highest BCUT2D eigenvalue weighted by atomic mass is 16.5. The van der Waals surface area contributed by atoms with E-state index in [4.69, 9.17) is 4.74 Å². The number of likely N-dealkylation sites (tertiary alicyclic amines) is 1. The number of rotatable bonds is 2. The smallest absolute Gasteiger partial charge is 0.124 e. The summed E-state index contributed by atoms with van der Waals surface area (Å²) in [6, 6.07) is 9.99. The molecule has 0 aromatic heterocycles. The summed E-state index contributed by atoms with van der Waals surface area (Å²) >= 11 is 0. The molecule has 64 valence electrons. The Labute approximate surface area is 72.8 Å². The van der Waals surface area contributed by atoms with Crippen molar-refractivity contribution in [3.05, 3.63) is 30.3 Å². The Morgan fingerprint density at radius 3 is 2.50 bits per heavy atom. The molecule has 0 amide bonds. The molecule has 1 aromatic carbocycles. The molecule has 0 unspecified atom stereocenters. The molecule has 1 aliphatic heterocycles. The van der Waals surface area contributed by atoms with Gasteiger partial charge in [0.15, 0.2) is 0 Å². The van der Waals surface area contributed by atoms with Crippen LogP contribution in [0.25, 0.3) is 0 Å². The molecule has 1 heterocycles. The lowest BCUT2D eigenvalue weighted by Gasteiger charge is -2.35. The summed E-state index contributed by atoms with van der Waals surface area (Å²) in [5, 5.41) is 0. The lowest BCUT2D eigenvalue weighted by atomic mass is 10.2. The zero-order chi connectivity index (χ0) is 8.39. The molecule has 1 saturated heterocycles. The van der Waals surface area contributed by atoms with Crippen molar-refractivity contribution in [2.75, 3.05) is 20.1 Å². The largest absolute Gasteiger partial charge is 0.488 e. The fourth-order valence-corrected chi connectivity index (χ4v) is 1.41. The number of ether oxygens (including phenoxy) is 1. The Morgan fingerprint density at radius 2 is 1.92 bits per heavy atom. The van der Waals surface area contributed by atoms with Crippen molar-refractivity contribution in [2.24, 2.45) is 0 Å². The zero-order valence-corrected chi connectivity index (χ0v) is 7.23. The minimum absolute atomic E-state index is 0.400. The van der Waals surface area contributed by atoms with E-state index in [2.05, 4.69) is 11.9 Å². The fraction of sp³-hybridized carbons (Fsp3) is 0.400. The second-order valence-corrected chi connectivity index (χ2v) is 3.27. The van der Waals surface area contributed by atoms with Gasteiger partial charge in [-0.1, -0.05) is 18.2 Å². The number of nitrogens with zero attached hydrogens (tertiary/aromatic N) is 1. The van der Waals surface area contributed by atoms with Crippen LogP contribution in [0.5, 0.6) is 5.75 Å². The average molecular weight is 163 g/mol. The van der Waals surface area contributed by atoms with Crippen molar-refractivity contribution in [1.82, 2.24) is 4.90 Å². The van der Waals surface area contributed by atoms with Crippen molar-refractivity contribution in [3.63, 3.8) is 0 Å². The number of benzene rings is 1. The maximum absolute atomic E-state index is 5.68. The maximum Gasteiger partial charge on any atom is 0.124 e. The first-order chi connectivity index (χ1) is 5.84. The third-order valence-corrected chi connectivity index (χ3v) is 2.08. The molecular weight excluding hydrogens is 150 g/mol. The Hall–Kier alpha value is -1.02. The van der Waals surface area contributed by atoms with Crippen LogP contribution in [0, 0.1) is 0 Å². The van der Waals surface area contributed by atoms with Crippen molar-refractivity contribution in [1.29, 1.82) is 0 Å². The number of hydrogen-bond donors (Lipinski definition) is 0. The van der Waals surface area contributed by atoms with Crippen LogP contribution in [0.15, 0.2) is 30.3 Å². The van der Waals surface area contributed by atoms with E-state index in [1.54, 1.807) is 0 Å². The number of likely N-dealkylation sites (N-methyl/N-ethyl adjacent to an activating group) is 1. The highest BCUT2D eigenvalue weighted by Crippen LogP contribution is 2.15. The van der Waals surface area contributed by atoms with E-state index in [0.717, 1.165) is 18.8 Å². The molecule has 2 rings (SSSR count). The van der Waals surface area contributed by atoms with Gasteiger partial charge < -0.3 is 4.74 Å². The van der Waals surface area contributed by atoms with E-state index in [-0.39, 0.29) is 0 Å². The Morgan fingerprint density at radius 1 is 1.25 bits per heavy atom. The summed E-state index contributed by atoms with van der Waals surface area (Å²) in [5.41, 5.74) is 0. The Balaban J connectivity index is 1.88. The molecule has 0 saturated carbocycles. The van der Waals surface area contributed by atoms with Gasteiger partial charge in [-0.05, 0) is 19.2 Å². The van der Waals surface area contributed by atoms with Gasteiger partial charge in [-0.2, -0.15) is 0 Å². The average Bonchev–Trinajstić information content (AvgIpc) is 2.04. The standard InChI is InChI=1S/C10H13NO/c1-11-7-10(8-11)12-9-5-3-2-4-6-9/h2-6,10H,7-8H2,1H3. The first-order valence-electron chi connectivity index (χ1n) is 4.25. The van der Waals surface area contributed by atoms with E-state index >= 15 is 0 Å². The molecule has 0 N–H and O–H groups in total. The van der Waals surface area contributed by atoms with Crippen LogP contribution in [0.2, 0.25) is 0 Å². The predicted octanol–water partition coefficient (Wildman–Crippen LogP) is 1.38. The highest BCUT2D eigenvalue weighted by molar-refractivity contribution is 5.21. The number of para-hydroxylation sites is 1. The molecule has 2 nitrogen and oxygen atoms in total. The molecule has 1 aromatic rings.